The first-order valence-corrected chi connectivity index (χ1v) is 9.86. The van der Waals surface area contributed by atoms with Crippen molar-refractivity contribution in [1.82, 2.24) is 9.97 Å². The van der Waals surface area contributed by atoms with Crippen molar-refractivity contribution >= 4 is 34.1 Å². The van der Waals surface area contributed by atoms with Crippen molar-refractivity contribution in [3.05, 3.63) is 58.1 Å². The summed E-state index contributed by atoms with van der Waals surface area (Å²) in [6.07, 6.45) is 1.38. The number of hydrogen-bond acceptors (Lipinski definition) is 5. The number of carbonyl (C=O) groups excluding carboxylic acids is 1. The quantitative estimate of drug-likeness (QED) is 0.554. The molecule has 8 heteroatoms. The van der Waals surface area contributed by atoms with Gasteiger partial charge in [0.05, 0.1) is 11.3 Å². The molecule has 2 aromatic heterocycles. The summed E-state index contributed by atoms with van der Waals surface area (Å²) in [6, 6.07) is 7.18. The Bertz CT molecular complexity index is 989. The molecule has 3 rings (SSSR count). The Morgan fingerprint density at radius 3 is 2.67 bits per heavy atom. The maximum absolute atomic E-state index is 12.7. The minimum absolute atomic E-state index is 0.00761. The molecule has 0 radical (unpaired) electrons. The van der Waals surface area contributed by atoms with E-state index in [1.165, 1.54) is 40.8 Å². The molecule has 0 spiro atoms. The Morgan fingerprint density at radius 1 is 1.19 bits per heavy atom. The fourth-order valence-corrected chi connectivity index (χ4v) is 3.88. The summed E-state index contributed by atoms with van der Waals surface area (Å²) in [6.45, 7) is 6.11. The van der Waals surface area contributed by atoms with Crippen molar-refractivity contribution in [3.8, 4) is 11.3 Å². The number of anilines is 1. The van der Waals surface area contributed by atoms with Crippen LogP contribution < -0.4 is 5.32 Å². The second-order valence-corrected chi connectivity index (χ2v) is 7.81. The fraction of sp³-hybridized carbons (Fsp3) is 0.211. The SMILES string of the molecule is Cc1cc(C)c(-c2csc(NC(=O)c3cccnc3SC(F)F)n2)cc1C. The van der Waals surface area contributed by atoms with E-state index in [1.807, 2.05) is 19.2 Å². The third kappa shape index (κ3) is 4.51. The molecule has 0 aliphatic rings. The number of thioether (sulfide) groups is 1. The molecule has 0 atom stereocenters. The zero-order valence-corrected chi connectivity index (χ0v) is 16.5. The maximum atomic E-state index is 12.7. The van der Waals surface area contributed by atoms with Crippen molar-refractivity contribution in [1.29, 1.82) is 0 Å². The Labute approximate surface area is 164 Å². The lowest BCUT2D eigenvalue weighted by molar-refractivity contribution is 0.102. The zero-order chi connectivity index (χ0) is 19.6. The second-order valence-electron chi connectivity index (χ2n) is 5.98. The number of amides is 1. The number of thiazole rings is 1. The highest BCUT2D eigenvalue weighted by Crippen LogP contribution is 2.31. The number of aromatic nitrogens is 2. The van der Waals surface area contributed by atoms with Crippen molar-refractivity contribution in [2.45, 2.75) is 31.6 Å². The number of halogens is 2. The highest BCUT2D eigenvalue weighted by molar-refractivity contribution is 7.99. The largest absolute Gasteiger partial charge is 0.298 e. The normalized spacial score (nSPS) is 11.0. The van der Waals surface area contributed by atoms with Gasteiger partial charge >= 0.3 is 0 Å². The van der Waals surface area contributed by atoms with Gasteiger partial charge in [-0.2, -0.15) is 8.78 Å². The molecule has 0 fully saturated rings. The third-order valence-corrected chi connectivity index (χ3v) is 5.54. The number of nitrogens with zero attached hydrogens (tertiary/aromatic N) is 2. The van der Waals surface area contributed by atoms with Crippen LogP contribution in [0, 0.1) is 20.8 Å². The van der Waals surface area contributed by atoms with Crippen LogP contribution in [0.5, 0.6) is 0 Å². The van der Waals surface area contributed by atoms with Gasteiger partial charge in [0.2, 0.25) is 0 Å². The lowest BCUT2D eigenvalue weighted by atomic mass is 9.99. The van der Waals surface area contributed by atoms with E-state index >= 15 is 0 Å². The van der Waals surface area contributed by atoms with Gasteiger partial charge in [0.15, 0.2) is 5.13 Å². The Balaban J connectivity index is 1.83. The lowest BCUT2D eigenvalue weighted by Crippen LogP contribution is -2.13. The molecule has 0 saturated heterocycles. The average molecular weight is 405 g/mol. The molecular weight excluding hydrogens is 388 g/mol. The van der Waals surface area contributed by atoms with Crippen LogP contribution in [-0.4, -0.2) is 21.6 Å². The number of hydrogen-bond donors (Lipinski definition) is 1. The zero-order valence-electron chi connectivity index (χ0n) is 14.9. The molecule has 1 N–H and O–H groups in total. The first kappa shape index (κ1) is 19.4. The molecule has 0 bridgehead atoms. The molecule has 140 valence electrons. The molecule has 1 aromatic carbocycles. The molecule has 0 unspecified atom stereocenters. The Hall–Kier alpha value is -2.32. The van der Waals surface area contributed by atoms with Gasteiger partial charge in [-0.3, -0.25) is 10.1 Å². The number of carbonyl (C=O) groups is 1. The molecular formula is C19H17F2N3OS2. The van der Waals surface area contributed by atoms with E-state index in [1.54, 1.807) is 0 Å². The van der Waals surface area contributed by atoms with E-state index in [9.17, 15) is 13.6 Å². The van der Waals surface area contributed by atoms with Crippen LogP contribution >= 0.6 is 23.1 Å². The van der Waals surface area contributed by atoms with Gasteiger partial charge in [-0.1, -0.05) is 6.07 Å². The predicted octanol–water partition coefficient (Wildman–Crippen LogP) is 5.70. The minimum atomic E-state index is -2.65. The highest BCUT2D eigenvalue weighted by atomic mass is 32.2. The molecule has 2 heterocycles. The third-order valence-electron chi connectivity index (χ3n) is 4.06. The van der Waals surface area contributed by atoms with Crippen LogP contribution in [0.3, 0.4) is 0 Å². The summed E-state index contributed by atoms with van der Waals surface area (Å²) in [5.74, 6) is -3.16. The van der Waals surface area contributed by atoms with Crippen LogP contribution in [-0.2, 0) is 0 Å². The second kappa shape index (κ2) is 8.14. The summed E-state index contributed by atoms with van der Waals surface area (Å²) in [5, 5.41) is 4.94. The summed E-state index contributed by atoms with van der Waals surface area (Å²) in [5.41, 5.74) is 5.35. The van der Waals surface area contributed by atoms with Crippen molar-refractivity contribution in [3.63, 3.8) is 0 Å². The van der Waals surface area contributed by atoms with Gasteiger partial charge in [0.25, 0.3) is 11.7 Å². The van der Waals surface area contributed by atoms with E-state index < -0.39 is 11.7 Å². The number of nitrogens with one attached hydrogen (secondary N) is 1. The van der Waals surface area contributed by atoms with E-state index in [0.29, 0.717) is 5.13 Å². The number of aryl methyl sites for hydroxylation is 3. The minimum Gasteiger partial charge on any atom is -0.298 e. The van der Waals surface area contributed by atoms with Gasteiger partial charge < -0.3 is 0 Å². The highest BCUT2D eigenvalue weighted by Gasteiger charge is 2.18. The van der Waals surface area contributed by atoms with Gasteiger partial charge in [0, 0.05) is 17.1 Å². The molecule has 0 aliphatic heterocycles. The van der Waals surface area contributed by atoms with Gasteiger partial charge in [-0.25, -0.2) is 9.97 Å². The van der Waals surface area contributed by atoms with Crippen molar-refractivity contribution < 1.29 is 13.6 Å². The topological polar surface area (TPSA) is 54.9 Å². The Kier molecular flexibility index (Phi) is 5.86. The standard InChI is InChI=1S/C19H17F2N3OS2/c1-10-7-12(3)14(8-11(10)2)15-9-26-19(23-15)24-16(25)13-5-4-6-22-17(13)27-18(20)21/h4-9,18H,1-3H3,(H,23,24,25). The van der Waals surface area contributed by atoms with E-state index in [0.717, 1.165) is 16.8 Å². The first-order chi connectivity index (χ1) is 12.8. The number of alkyl halides is 2. The summed E-state index contributed by atoms with van der Waals surface area (Å²) in [7, 11) is 0. The molecule has 3 aromatic rings. The van der Waals surface area contributed by atoms with Crippen LogP contribution in [0.1, 0.15) is 27.0 Å². The predicted molar refractivity (Wildman–Crippen MR) is 106 cm³/mol. The lowest BCUT2D eigenvalue weighted by Gasteiger charge is -2.08. The number of benzene rings is 1. The van der Waals surface area contributed by atoms with E-state index in [-0.39, 0.29) is 22.4 Å². The van der Waals surface area contributed by atoms with Gasteiger partial charge in [-0.15, -0.1) is 11.3 Å². The van der Waals surface area contributed by atoms with Crippen LogP contribution in [0.25, 0.3) is 11.3 Å². The van der Waals surface area contributed by atoms with Crippen LogP contribution in [0.2, 0.25) is 0 Å². The van der Waals surface area contributed by atoms with E-state index in [2.05, 4.69) is 34.3 Å². The average Bonchev–Trinajstić information content (AvgIpc) is 3.06. The van der Waals surface area contributed by atoms with Gasteiger partial charge in [-0.05, 0) is 67.4 Å². The molecule has 1 amide bonds. The fourth-order valence-electron chi connectivity index (χ4n) is 2.60. The van der Waals surface area contributed by atoms with Crippen molar-refractivity contribution in [2.75, 3.05) is 5.32 Å². The van der Waals surface area contributed by atoms with Gasteiger partial charge in [0.1, 0.15) is 5.03 Å². The van der Waals surface area contributed by atoms with Crippen molar-refractivity contribution in [2.24, 2.45) is 0 Å². The first-order valence-electron chi connectivity index (χ1n) is 8.10. The number of pyridine rings is 1. The smallest absolute Gasteiger partial charge is 0.290 e. The molecule has 4 nitrogen and oxygen atoms in total. The molecule has 0 saturated carbocycles. The number of rotatable bonds is 5. The summed E-state index contributed by atoms with van der Waals surface area (Å²) < 4.78 is 25.3. The maximum Gasteiger partial charge on any atom is 0.290 e. The summed E-state index contributed by atoms with van der Waals surface area (Å²) in [4.78, 5) is 20.8. The molecule has 0 aliphatic carbocycles. The summed E-state index contributed by atoms with van der Waals surface area (Å²) >= 11 is 1.54. The monoisotopic (exact) mass is 405 g/mol. The Morgan fingerprint density at radius 2 is 1.93 bits per heavy atom. The van der Waals surface area contributed by atoms with Crippen LogP contribution in [0.4, 0.5) is 13.9 Å². The van der Waals surface area contributed by atoms with E-state index in [4.69, 9.17) is 0 Å². The van der Waals surface area contributed by atoms with Crippen LogP contribution in [0.15, 0.2) is 40.9 Å². The molecule has 27 heavy (non-hydrogen) atoms.